The van der Waals surface area contributed by atoms with E-state index in [4.69, 9.17) is 5.11 Å². The average molecular weight is 151 g/mol. The lowest BCUT2D eigenvalue weighted by atomic mass is 10.1. The number of hydrogen-bond donors (Lipinski definition) is 1. The summed E-state index contributed by atoms with van der Waals surface area (Å²) in [5.41, 5.74) is 0.185. The molecule has 0 saturated carbocycles. The molecule has 11 heavy (non-hydrogen) atoms. The molecule has 1 rings (SSSR count). The summed E-state index contributed by atoms with van der Waals surface area (Å²) in [7, 11) is 0. The van der Waals surface area contributed by atoms with Crippen molar-refractivity contribution in [3.63, 3.8) is 0 Å². The monoisotopic (exact) mass is 151 g/mol. The van der Waals surface area contributed by atoms with Crippen molar-refractivity contribution in [3.8, 4) is 11.5 Å². The first-order valence-corrected chi connectivity index (χ1v) is 3.12. The van der Waals surface area contributed by atoms with Crippen LogP contribution in [0.3, 0.4) is 0 Å². The van der Waals surface area contributed by atoms with E-state index in [1.54, 1.807) is 0 Å². The maximum Gasteiger partial charge on any atom is 0.182 e. The molecule has 1 aromatic rings. The van der Waals surface area contributed by atoms with Gasteiger partial charge in [-0.2, -0.15) is 0 Å². The molecular weight excluding hydrogens is 144 g/mol. The predicted octanol–water partition coefficient (Wildman–Crippen LogP) is 1.74. The van der Waals surface area contributed by atoms with Crippen LogP contribution in [0.1, 0.15) is 17.3 Å². The van der Waals surface area contributed by atoms with E-state index < -0.39 is 0 Å². The molecule has 0 aromatic heterocycles. The Morgan fingerprint density at radius 2 is 2.09 bits per heavy atom. The van der Waals surface area contributed by atoms with Crippen molar-refractivity contribution in [2.24, 2.45) is 0 Å². The number of ketones is 1. The molecule has 3 heteroatoms. The second kappa shape index (κ2) is 2.62. The average Bonchev–Trinajstić information content (AvgIpc) is 1.85. The molecule has 0 bridgehead atoms. The number of phenols is 1. The van der Waals surface area contributed by atoms with Gasteiger partial charge in [0.2, 0.25) is 0 Å². The van der Waals surface area contributed by atoms with Gasteiger partial charge >= 0.3 is 0 Å². The van der Waals surface area contributed by atoms with Crippen LogP contribution in [0, 0.1) is 0 Å². The van der Waals surface area contributed by atoms with Gasteiger partial charge in [0.15, 0.2) is 11.5 Å². The van der Waals surface area contributed by atoms with Crippen molar-refractivity contribution in [1.82, 2.24) is 0 Å². The molecular formula is C8H7O3. The van der Waals surface area contributed by atoms with Crippen molar-refractivity contribution in [1.29, 1.82) is 0 Å². The lowest BCUT2D eigenvalue weighted by Gasteiger charge is -1.97. The number of rotatable bonds is 1. The summed E-state index contributed by atoms with van der Waals surface area (Å²) < 4.78 is 0. The lowest BCUT2D eigenvalue weighted by molar-refractivity contribution is 0.101. The summed E-state index contributed by atoms with van der Waals surface area (Å²) in [6.45, 7) is 1.33. The topological polar surface area (TPSA) is 57.2 Å². The Labute approximate surface area is 63.9 Å². The molecule has 0 saturated heterocycles. The molecule has 0 aliphatic heterocycles. The van der Waals surface area contributed by atoms with Crippen LogP contribution in [0.5, 0.6) is 11.5 Å². The number of aromatic hydroxyl groups is 1. The molecule has 0 aliphatic carbocycles. The number of carbonyl (C=O) groups excluding carboxylic acids is 1. The Bertz CT molecular complexity index is 291. The maximum absolute atomic E-state index is 10.7. The van der Waals surface area contributed by atoms with Crippen LogP contribution in [0.4, 0.5) is 0 Å². The zero-order valence-electron chi connectivity index (χ0n) is 6.00. The first kappa shape index (κ1) is 7.60. The van der Waals surface area contributed by atoms with Crippen LogP contribution in [0.25, 0.3) is 0 Å². The van der Waals surface area contributed by atoms with E-state index in [9.17, 15) is 9.90 Å². The molecule has 0 aliphatic rings. The predicted molar refractivity (Wildman–Crippen MR) is 38.2 cm³/mol. The van der Waals surface area contributed by atoms with E-state index in [0.29, 0.717) is 0 Å². The first-order valence-electron chi connectivity index (χ1n) is 3.12. The van der Waals surface area contributed by atoms with Crippen LogP contribution >= 0.6 is 0 Å². The molecule has 0 spiro atoms. The highest BCUT2D eigenvalue weighted by Gasteiger charge is 2.06. The highest BCUT2D eigenvalue weighted by Crippen LogP contribution is 2.22. The first-order chi connectivity index (χ1) is 5.11. The third kappa shape index (κ3) is 1.49. The minimum atomic E-state index is -0.299. The number of Topliss-reactive ketones (excluding diaryl/α,β-unsaturated/α-hetero) is 1. The van der Waals surface area contributed by atoms with Crippen molar-refractivity contribution >= 4 is 5.78 Å². The van der Waals surface area contributed by atoms with Crippen LogP contribution < -0.4 is 0 Å². The van der Waals surface area contributed by atoms with Gasteiger partial charge in [-0.05, 0) is 19.1 Å². The number of phenolic OH excluding ortho intramolecular Hbond substituents is 1. The Balaban J connectivity index is 3.20. The molecule has 1 aromatic carbocycles. The van der Waals surface area contributed by atoms with E-state index in [-0.39, 0.29) is 22.8 Å². The van der Waals surface area contributed by atoms with Crippen molar-refractivity contribution in [2.45, 2.75) is 6.92 Å². The summed E-state index contributed by atoms with van der Waals surface area (Å²) in [5.74, 6) is -0.792. The van der Waals surface area contributed by atoms with Crippen LogP contribution in [-0.4, -0.2) is 10.9 Å². The van der Waals surface area contributed by atoms with Gasteiger partial charge in [0, 0.05) is 6.07 Å². The third-order valence-electron chi connectivity index (χ3n) is 1.35. The minimum absolute atomic E-state index is 0.185. The third-order valence-corrected chi connectivity index (χ3v) is 1.35. The van der Waals surface area contributed by atoms with Gasteiger partial charge < -0.3 is 5.11 Å². The fourth-order valence-electron chi connectivity index (χ4n) is 0.809. The van der Waals surface area contributed by atoms with Gasteiger partial charge in [-0.15, -0.1) is 0 Å². The lowest BCUT2D eigenvalue weighted by Crippen LogP contribution is -1.90. The van der Waals surface area contributed by atoms with E-state index in [1.165, 1.54) is 19.1 Å². The second-order valence-corrected chi connectivity index (χ2v) is 2.24. The van der Waals surface area contributed by atoms with E-state index in [1.807, 2.05) is 0 Å². The van der Waals surface area contributed by atoms with Gasteiger partial charge in [-0.1, -0.05) is 0 Å². The summed E-state index contributed by atoms with van der Waals surface area (Å²) in [4.78, 5) is 10.7. The Kier molecular flexibility index (Phi) is 1.81. The van der Waals surface area contributed by atoms with Gasteiger partial charge in [0.1, 0.15) is 5.75 Å². The summed E-state index contributed by atoms with van der Waals surface area (Å²) in [6, 6.07) is 3.59. The zero-order chi connectivity index (χ0) is 8.43. The van der Waals surface area contributed by atoms with E-state index in [0.717, 1.165) is 6.07 Å². The van der Waals surface area contributed by atoms with Crippen LogP contribution in [0.2, 0.25) is 0 Å². The highest BCUT2D eigenvalue weighted by molar-refractivity contribution is 5.96. The maximum atomic E-state index is 10.7. The SMILES string of the molecule is CC(=O)c1ccc([O])cc1O. The van der Waals surface area contributed by atoms with Gasteiger partial charge in [-0.3, -0.25) is 9.90 Å². The normalized spacial score (nSPS) is 9.55. The molecule has 1 N–H and O–H groups in total. The Morgan fingerprint density at radius 3 is 2.55 bits per heavy atom. The molecule has 3 nitrogen and oxygen atoms in total. The summed E-state index contributed by atoms with van der Waals surface area (Å²) in [5, 5.41) is 19.6. The van der Waals surface area contributed by atoms with Crippen molar-refractivity contribution in [2.75, 3.05) is 0 Å². The van der Waals surface area contributed by atoms with E-state index in [2.05, 4.69) is 0 Å². The highest BCUT2D eigenvalue weighted by atomic mass is 16.3. The quantitative estimate of drug-likeness (QED) is 0.621. The number of carbonyl (C=O) groups is 1. The fourth-order valence-corrected chi connectivity index (χ4v) is 0.809. The van der Waals surface area contributed by atoms with Crippen molar-refractivity contribution in [3.05, 3.63) is 23.8 Å². The molecule has 0 amide bonds. The van der Waals surface area contributed by atoms with Gasteiger partial charge in [-0.25, -0.2) is 0 Å². The van der Waals surface area contributed by atoms with Crippen LogP contribution in [0.15, 0.2) is 18.2 Å². The number of hydrogen-bond acceptors (Lipinski definition) is 2. The molecule has 0 heterocycles. The summed E-state index contributed by atoms with van der Waals surface area (Å²) in [6.07, 6.45) is 0. The van der Waals surface area contributed by atoms with Gasteiger partial charge in [0.25, 0.3) is 0 Å². The van der Waals surface area contributed by atoms with E-state index >= 15 is 0 Å². The molecule has 1 radical (unpaired) electrons. The fraction of sp³-hybridized carbons (Fsp3) is 0.125. The molecule has 0 atom stereocenters. The van der Waals surface area contributed by atoms with Gasteiger partial charge in [0.05, 0.1) is 5.56 Å². The van der Waals surface area contributed by atoms with Crippen molar-refractivity contribution < 1.29 is 15.0 Å². The largest absolute Gasteiger partial charge is 0.507 e. The zero-order valence-corrected chi connectivity index (χ0v) is 6.00. The molecule has 0 unspecified atom stereocenters. The minimum Gasteiger partial charge on any atom is -0.507 e. The number of benzene rings is 1. The smallest absolute Gasteiger partial charge is 0.182 e. The Morgan fingerprint density at radius 1 is 1.45 bits per heavy atom. The van der Waals surface area contributed by atoms with Crippen LogP contribution in [-0.2, 0) is 5.11 Å². The molecule has 0 fully saturated rings. The molecule has 57 valence electrons. The Hall–Kier alpha value is -1.51. The summed E-state index contributed by atoms with van der Waals surface area (Å²) >= 11 is 0. The second-order valence-electron chi connectivity index (χ2n) is 2.24. The standard InChI is InChI=1S/C8H7O3/c1-5(9)7-3-2-6(10)4-8(7)11/h2-4,11H,1H3.